The van der Waals surface area contributed by atoms with Crippen molar-refractivity contribution < 1.29 is 27.5 Å². The minimum Gasteiger partial charge on any atom is -0.388 e. The number of halogens is 3. The Kier molecular flexibility index (Phi) is 4.01. The molecule has 1 aliphatic heterocycles. The monoisotopic (exact) mass is 362 g/mol. The van der Waals surface area contributed by atoms with Crippen LogP contribution in [0.15, 0.2) is 53.1 Å². The van der Waals surface area contributed by atoms with Crippen LogP contribution in [0.5, 0.6) is 0 Å². The normalized spacial score (nSPS) is 20.0. The maximum absolute atomic E-state index is 12.6. The summed E-state index contributed by atoms with van der Waals surface area (Å²) >= 11 is 0. The number of aromatic nitrogens is 2. The first-order valence-electron chi connectivity index (χ1n) is 7.83. The Morgan fingerprint density at radius 1 is 1.04 bits per heavy atom. The molecule has 2 atom stereocenters. The zero-order chi connectivity index (χ0) is 18.3. The van der Waals surface area contributed by atoms with Crippen molar-refractivity contribution in [1.82, 2.24) is 10.1 Å². The number of benzene rings is 2. The standard InChI is InChI=1S/C18H13F3N2O3/c19-18(20,21)13-6-4-10(5-7-13)16-22-17(26-23-16)12-3-1-2-11(8-12)15-14(24)9-25-15/h1-8,14-15,24H,9H2. The third kappa shape index (κ3) is 3.09. The molecule has 0 amide bonds. The quantitative estimate of drug-likeness (QED) is 0.766. The van der Waals surface area contributed by atoms with Crippen LogP contribution in [0.2, 0.25) is 0 Å². The minimum atomic E-state index is -4.39. The fraction of sp³-hybridized carbons (Fsp3) is 0.222. The first kappa shape index (κ1) is 16.7. The van der Waals surface area contributed by atoms with Crippen LogP contribution in [0.25, 0.3) is 22.8 Å². The van der Waals surface area contributed by atoms with Gasteiger partial charge < -0.3 is 14.4 Å². The summed E-state index contributed by atoms with van der Waals surface area (Å²) < 4.78 is 48.5. The van der Waals surface area contributed by atoms with Crippen LogP contribution >= 0.6 is 0 Å². The molecule has 2 unspecified atom stereocenters. The van der Waals surface area contributed by atoms with Gasteiger partial charge in [0, 0.05) is 11.1 Å². The van der Waals surface area contributed by atoms with Gasteiger partial charge in [-0.3, -0.25) is 0 Å². The van der Waals surface area contributed by atoms with Crippen molar-refractivity contribution in [3.8, 4) is 22.8 Å². The highest BCUT2D eigenvalue weighted by atomic mass is 19.4. The number of rotatable bonds is 3. The number of alkyl halides is 3. The summed E-state index contributed by atoms with van der Waals surface area (Å²) in [4.78, 5) is 4.24. The Morgan fingerprint density at radius 3 is 2.42 bits per heavy atom. The minimum absolute atomic E-state index is 0.194. The summed E-state index contributed by atoms with van der Waals surface area (Å²) in [6, 6.07) is 11.7. The van der Waals surface area contributed by atoms with Crippen LogP contribution < -0.4 is 0 Å². The van der Waals surface area contributed by atoms with Crippen molar-refractivity contribution in [2.75, 3.05) is 6.61 Å². The average molecular weight is 362 g/mol. The predicted molar refractivity (Wildman–Crippen MR) is 84.9 cm³/mol. The van der Waals surface area contributed by atoms with Gasteiger partial charge in [-0.25, -0.2) is 0 Å². The van der Waals surface area contributed by atoms with Crippen molar-refractivity contribution in [2.24, 2.45) is 0 Å². The van der Waals surface area contributed by atoms with Crippen molar-refractivity contribution in [3.05, 3.63) is 59.7 Å². The summed E-state index contributed by atoms with van der Waals surface area (Å²) in [7, 11) is 0. The Hall–Kier alpha value is -2.71. The zero-order valence-corrected chi connectivity index (χ0v) is 13.3. The van der Waals surface area contributed by atoms with Gasteiger partial charge in [0.25, 0.3) is 5.89 Å². The summed E-state index contributed by atoms with van der Waals surface area (Å²) in [6.45, 7) is 0.299. The maximum Gasteiger partial charge on any atom is 0.416 e. The van der Waals surface area contributed by atoms with Gasteiger partial charge in [-0.2, -0.15) is 18.2 Å². The lowest BCUT2D eigenvalue weighted by molar-refractivity contribution is -0.165. The maximum atomic E-state index is 12.6. The van der Waals surface area contributed by atoms with E-state index < -0.39 is 17.8 Å². The van der Waals surface area contributed by atoms with Crippen molar-refractivity contribution in [3.63, 3.8) is 0 Å². The molecule has 1 aliphatic rings. The van der Waals surface area contributed by atoms with Gasteiger partial charge in [0.05, 0.1) is 12.2 Å². The van der Waals surface area contributed by atoms with Gasteiger partial charge in [0.15, 0.2) is 0 Å². The van der Waals surface area contributed by atoms with Gasteiger partial charge in [0.1, 0.15) is 12.2 Å². The second kappa shape index (κ2) is 6.22. The molecule has 134 valence electrons. The molecule has 4 rings (SSSR count). The van der Waals surface area contributed by atoms with Crippen LogP contribution in [0.1, 0.15) is 17.2 Å². The van der Waals surface area contributed by atoms with E-state index in [0.29, 0.717) is 17.7 Å². The van der Waals surface area contributed by atoms with Gasteiger partial charge in [0.2, 0.25) is 5.82 Å². The average Bonchev–Trinajstić information content (AvgIpc) is 3.10. The third-order valence-corrected chi connectivity index (χ3v) is 4.15. The number of nitrogens with zero attached hydrogens (tertiary/aromatic N) is 2. The number of ether oxygens (including phenoxy) is 1. The van der Waals surface area contributed by atoms with Gasteiger partial charge in [-0.05, 0) is 29.8 Å². The van der Waals surface area contributed by atoms with Crippen LogP contribution in [0, 0.1) is 0 Å². The molecule has 0 radical (unpaired) electrons. The van der Waals surface area contributed by atoms with E-state index in [0.717, 1.165) is 17.7 Å². The Labute approximate surface area is 146 Å². The predicted octanol–water partition coefficient (Wildman–Crippen LogP) is 3.85. The lowest BCUT2D eigenvalue weighted by atomic mass is 9.99. The molecule has 5 nitrogen and oxygen atoms in total. The molecular weight excluding hydrogens is 349 g/mol. The van der Waals surface area contributed by atoms with E-state index in [1.807, 2.05) is 6.07 Å². The van der Waals surface area contributed by atoms with E-state index in [1.165, 1.54) is 12.1 Å². The van der Waals surface area contributed by atoms with Crippen LogP contribution in [-0.2, 0) is 10.9 Å². The van der Waals surface area contributed by atoms with E-state index in [4.69, 9.17) is 9.26 Å². The molecule has 0 bridgehead atoms. The lowest BCUT2D eigenvalue weighted by Crippen LogP contribution is -2.37. The highest BCUT2D eigenvalue weighted by Gasteiger charge is 2.32. The smallest absolute Gasteiger partial charge is 0.388 e. The Morgan fingerprint density at radius 2 is 1.81 bits per heavy atom. The number of hydrogen-bond donors (Lipinski definition) is 1. The number of hydrogen-bond acceptors (Lipinski definition) is 5. The molecule has 1 saturated heterocycles. The molecule has 1 aromatic heterocycles. The van der Waals surface area contributed by atoms with E-state index in [-0.39, 0.29) is 17.8 Å². The van der Waals surface area contributed by atoms with E-state index in [2.05, 4.69) is 10.1 Å². The molecule has 2 heterocycles. The molecule has 0 spiro atoms. The zero-order valence-electron chi connectivity index (χ0n) is 13.3. The van der Waals surface area contributed by atoms with Gasteiger partial charge in [-0.15, -0.1) is 0 Å². The Bertz CT molecular complexity index is 922. The Balaban J connectivity index is 1.59. The molecule has 1 fully saturated rings. The van der Waals surface area contributed by atoms with Crippen molar-refractivity contribution in [1.29, 1.82) is 0 Å². The van der Waals surface area contributed by atoms with Crippen LogP contribution in [-0.4, -0.2) is 28.0 Å². The molecule has 2 aromatic carbocycles. The van der Waals surface area contributed by atoms with Crippen molar-refractivity contribution >= 4 is 0 Å². The molecule has 8 heteroatoms. The molecule has 26 heavy (non-hydrogen) atoms. The van der Waals surface area contributed by atoms with Crippen molar-refractivity contribution in [2.45, 2.75) is 18.4 Å². The third-order valence-electron chi connectivity index (χ3n) is 4.15. The SMILES string of the molecule is OC1COC1c1cccc(-c2nc(-c3ccc(C(F)(F)F)cc3)no2)c1. The highest BCUT2D eigenvalue weighted by Crippen LogP contribution is 2.33. The van der Waals surface area contributed by atoms with E-state index in [1.54, 1.807) is 18.2 Å². The van der Waals surface area contributed by atoms with E-state index >= 15 is 0 Å². The van der Waals surface area contributed by atoms with Crippen LogP contribution in [0.3, 0.4) is 0 Å². The summed E-state index contributed by atoms with van der Waals surface area (Å²) in [5.41, 5.74) is 1.10. The number of aliphatic hydroxyl groups is 1. The van der Waals surface area contributed by atoms with Crippen LogP contribution in [0.4, 0.5) is 13.2 Å². The first-order chi connectivity index (χ1) is 12.4. The fourth-order valence-electron chi connectivity index (χ4n) is 2.71. The molecule has 3 aromatic rings. The molecular formula is C18H13F3N2O3. The largest absolute Gasteiger partial charge is 0.416 e. The first-order valence-corrected chi connectivity index (χ1v) is 7.83. The topological polar surface area (TPSA) is 68.4 Å². The second-order valence-electron chi connectivity index (χ2n) is 5.94. The molecule has 1 N–H and O–H groups in total. The van der Waals surface area contributed by atoms with E-state index in [9.17, 15) is 18.3 Å². The summed E-state index contributed by atoms with van der Waals surface area (Å²) in [5.74, 6) is 0.426. The fourth-order valence-corrected chi connectivity index (χ4v) is 2.71. The second-order valence-corrected chi connectivity index (χ2v) is 5.94. The van der Waals surface area contributed by atoms with Gasteiger partial charge in [-0.1, -0.05) is 29.4 Å². The summed E-state index contributed by atoms with van der Waals surface area (Å²) in [5, 5.41) is 13.5. The van der Waals surface area contributed by atoms with Gasteiger partial charge >= 0.3 is 6.18 Å². The number of aliphatic hydroxyl groups excluding tert-OH is 1. The molecule has 0 saturated carbocycles. The highest BCUT2D eigenvalue weighted by molar-refractivity contribution is 5.60. The lowest BCUT2D eigenvalue weighted by Gasteiger charge is -2.33. The summed E-state index contributed by atoms with van der Waals surface area (Å²) in [6.07, 6.45) is -5.32. The molecule has 0 aliphatic carbocycles.